The standard InChI is InChI=1S/C17H13ClN4OS2/c18-8-4-5-10-11(6-8)20-17(19-10)24-7-13-21-15(23)14-9-2-1-3-12(9)25-16(14)22-13/h4-6H,1-3,7H2,(H,19,20)(H,21,22,23). The van der Waals surface area contributed by atoms with Gasteiger partial charge in [0.25, 0.3) is 5.56 Å². The highest BCUT2D eigenvalue weighted by Crippen LogP contribution is 2.34. The molecule has 1 aliphatic rings. The summed E-state index contributed by atoms with van der Waals surface area (Å²) in [6.45, 7) is 0. The molecule has 4 aromatic rings. The minimum Gasteiger partial charge on any atom is -0.333 e. The zero-order valence-corrected chi connectivity index (χ0v) is 15.4. The molecular formula is C17H13ClN4OS2. The van der Waals surface area contributed by atoms with E-state index in [4.69, 9.17) is 11.6 Å². The number of fused-ring (bicyclic) bond motifs is 4. The molecule has 25 heavy (non-hydrogen) atoms. The number of halogens is 1. The topological polar surface area (TPSA) is 74.4 Å². The molecule has 5 rings (SSSR count). The Labute approximate surface area is 155 Å². The maximum Gasteiger partial charge on any atom is 0.259 e. The van der Waals surface area contributed by atoms with Crippen molar-refractivity contribution in [3.05, 3.63) is 49.8 Å². The van der Waals surface area contributed by atoms with Crippen molar-refractivity contribution in [2.24, 2.45) is 0 Å². The van der Waals surface area contributed by atoms with E-state index in [1.54, 1.807) is 11.3 Å². The molecule has 126 valence electrons. The summed E-state index contributed by atoms with van der Waals surface area (Å²) < 4.78 is 0. The summed E-state index contributed by atoms with van der Waals surface area (Å²) in [6.07, 6.45) is 3.21. The van der Waals surface area contributed by atoms with E-state index < -0.39 is 0 Å². The van der Waals surface area contributed by atoms with Crippen LogP contribution in [0.4, 0.5) is 0 Å². The molecule has 1 aliphatic carbocycles. The Morgan fingerprint density at radius 1 is 1.24 bits per heavy atom. The number of nitrogens with zero attached hydrogens (tertiary/aromatic N) is 2. The summed E-state index contributed by atoms with van der Waals surface area (Å²) in [5.74, 6) is 1.24. The highest BCUT2D eigenvalue weighted by molar-refractivity contribution is 7.98. The lowest BCUT2D eigenvalue weighted by molar-refractivity contribution is 0.916. The fourth-order valence-electron chi connectivity index (χ4n) is 3.28. The molecule has 0 bridgehead atoms. The molecule has 0 atom stereocenters. The highest BCUT2D eigenvalue weighted by Gasteiger charge is 2.21. The monoisotopic (exact) mass is 388 g/mol. The van der Waals surface area contributed by atoms with Crippen molar-refractivity contribution in [2.45, 2.75) is 30.2 Å². The number of hydrogen-bond acceptors (Lipinski definition) is 5. The third-order valence-electron chi connectivity index (χ3n) is 4.39. The van der Waals surface area contributed by atoms with Gasteiger partial charge in [-0.3, -0.25) is 4.79 Å². The predicted octanol–water partition coefficient (Wildman–Crippen LogP) is 4.30. The maximum atomic E-state index is 12.5. The second-order valence-corrected chi connectivity index (χ2v) is 8.53. The van der Waals surface area contributed by atoms with E-state index in [1.807, 2.05) is 18.2 Å². The number of aromatic amines is 2. The van der Waals surface area contributed by atoms with Crippen LogP contribution in [0.3, 0.4) is 0 Å². The van der Waals surface area contributed by atoms with E-state index in [1.165, 1.54) is 22.2 Å². The second kappa shape index (κ2) is 5.86. The maximum absolute atomic E-state index is 12.5. The molecule has 2 N–H and O–H groups in total. The first-order valence-electron chi connectivity index (χ1n) is 7.99. The number of aromatic nitrogens is 4. The Morgan fingerprint density at radius 2 is 2.16 bits per heavy atom. The molecule has 3 heterocycles. The van der Waals surface area contributed by atoms with Crippen LogP contribution >= 0.6 is 34.7 Å². The first-order chi connectivity index (χ1) is 12.2. The van der Waals surface area contributed by atoms with Gasteiger partial charge in [0.05, 0.1) is 22.2 Å². The largest absolute Gasteiger partial charge is 0.333 e. The molecule has 0 unspecified atom stereocenters. The van der Waals surface area contributed by atoms with Crippen molar-refractivity contribution in [1.82, 2.24) is 19.9 Å². The molecule has 0 saturated heterocycles. The van der Waals surface area contributed by atoms with Gasteiger partial charge in [-0.2, -0.15) is 0 Å². The lowest BCUT2D eigenvalue weighted by Gasteiger charge is -2.00. The minimum absolute atomic E-state index is 0.0172. The van der Waals surface area contributed by atoms with Gasteiger partial charge in [-0.25, -0.2) is 9.97 Å². The van der Waals surface area contributed by atoms with Crippen LogP contribution < -0.4 is 5.56 Å². The summed E-state index contributed by atoms with van der Waals surface area (Å²) in [7, 11) is 0. The van der Waals surface area contributed by atoms with Gasteiger partial charge >= 0.3 is 0 Å². The van der Waals surface area contributed by atoms with Crippen LogP contribution in [-0.2, 0) is 18.6 Å². The molecule has 0 amide bonds. The van der Waals surface area contributed by atoms with Crippen molar-refractivity contribution in [3.8, 4) is 0 Å². The summed E-state index contributed by atoms with van der Waals surface area (Å²) in [5.41, 5.74) is 2.97. The summed E-state index contributed by atoms with van der Waals surface area (Å²) in [5, 5.41) is 2.26. The molecule has 0 aliphatic heterocycles. The Balaban J connectivity index is 1.44. The van der Waals surface area contributed by atoms with Crippen molar-refractivity contribution in [3.63, 3.8) is 0 Å². The first kappa shape index (κ1) is 15.4. The van der Waals surface area contributed by atoms with Gasteiger partial charge < -0.3 is 9.97 Å². The number of hydrogen-bond donors (Lipinski definition) is 2. The third kappa shape index (κ3) is 2.67. The van der Waals surface area contributed by atoms with Crippen LogP contribution in [0.1, 0.15) is 22.7 Å². The number of thioether (sulfide) groups is 1. The molecule has 0 saturated carbocycles. The smallest absolute Gasteiger partial charge is 0.259 e. The minimum atomic E-state index is -0.0172. The van der Waals surface area contributed by atoms with Gasteiger partial charge in [0, 0.05) is 9.90 Å². The SMILES string of the molecule is O=c1[nH]c(CSc2nc3ccc(Cl)cc3[nH]2)nc2sc3c(c12)CCC3. The van der Waals surface area contributed by atoms with E-state index >= 15 is 0 Å². The molecule has 3 aromatic heterocycles. The van der Waals surface area contributed by atoms with Crippen LogP contribution in [0.15, 0.2) is 28.2 Å². The van der Waals surface area contributed by atoms with Gasteiger partial charge in [-0.05, 0) is 43.0 Å². The van der Waals surface area contributed by atoms with Gasteiger partial charge in [-0.15, -0.1) is 11.3 Å². The number of H-pyrrole nitrogens is 2. The molecule has 0 fully saturated rings. The van der Waals surface area contributed by atoms with Crippen LogP contribution in [0.25, 0.3) is 21.3 Å². The molecular weight excluding hydrogens is 376 g/mol. The van der Waals surface area contributed by atoms with E-state index in [-0.39, 0.29) is 5.56 Å². The van der Waals surface area contributed by atoms with Crippen molar-refractivity contribution in [1.29, 1.82) is 0 Å². The molecule has 0 spiro atoms. The van der Waals surface area contributed by atoms with Gasteiger partial charge in [0.15, 0.2) is 5.16 Å². The summed E-state index contributed by atoms with van der Waals surface area (Å²) >= 11 is 9.18. The summed E-state index contributed by atoms with van der Waals surface area (Å²) in [4.78, 5) is 30.0. The van der Waals surface area contributed by atoms with Crippen molar-refractivity contribution >= 4 is 55.9 Å². The fourth-order valence-corrected chi connectivity index (χ4v) is 5.49. The van der Waals surface area contributed by atoms with Gasteiger partial charge in [0.1, 0.15) is 10.7 Å². The van der Waals surface area contributed by atoms with Crippen LogP contribution in [-0.4, -0.2) is 19.9 Å². The zero-order chi connectivity index (χ0) is 17.0. The lowest BCUT2D eigenvalue weighted by Crippen LogP contribution is -2.11. The Morgan fingerprint density at radius 3 is 3.08 bits per heavy atom. The molecule has 1 aromatic carbocycles. The van der Waals surface area contributed by atoms with Gasteiger partial charge in [0.2, 0.25) is 0 Å². The highest BCUT2D eigenvalue weighted by atomic mass is 35.5. The number of rotatable bonds is 3. The molecule has 5 nitrogen and oxygen atoms in total. The number of imidazole rings is 1. The van der Waals surface area contributed by atoms with E-state index in [0.717, 1.165) is 45.7 Å². The van der Waals surface area contributed by atoms with Gasteiger partial charge in [-0.1, -0.05) is 23.4 Å². The van der Waals surface area contributed by atoms with Crippen molar-refractivity contribution < 1.29 is 0 Å². The molecule has 0 radical (unpaired) electrons. The van der Waals surface area contributed by atoms with Crippen molar-refractivity contribution in [2.75, 3.05) is 0 Å². The summed E-state index contributed by atoms with van der Waals surface area (Å²) in [6, 6.07) is 5.56. The number of benzene rings is 1. The Bertz CT molecular complexity index is 1180. The normalized spacial score (nSPS) is 13.8. The third-order valence-corrected chi connectivity index (χ3v) is 6.70. The second-order valence-electron chi connectivity index (χ2n) is 6.04. The molecule has 8 heteroatoms. The predicted molar refractivity (Wildman–Crippen MR) is 103 cm³/mol. The average molecular weight is 389 g/mol. The number of aryl methyl sites for hydroxylation is 2. The van der Waals surface area contributed by atoms with E-state index in [9.17, 15) is 4.79 Å². The lowest BCUT2D eigenvalue weighted by atomic mass is 10.2. The van der Waals surface area contributed by atoms with Crippen LogP contribution in [0, 0.1) is 0 Å². The first-order valence-corrected chi connectivity index (χ1v) is 10.2. The number of thiophene rings is 1. The average Bonchev–Trinajstić information content (AvgIpc) is 3.25. The Hall–Kier alpha value is -1.83. The fraction of sp³-hybridized carbons (Fsp3) is 0.235. The van der Waals surface area contributed by atoms with E-state index in [0.29, 0.717) is 16.6 Å². The zero-order valence-electron chi connectivity index (χ0n) is 13.1. The number of nitrogens with one attached hydrogen (secondary N) is 2. The van der Waals surface area contributed by atoms with Crippen LogP contribution in [0.2, 0.25) is 5.02 Å². The van der Waals surface area contributed by atoms with Crippen LogP contribution in [0.5, 0.6) is 0 Å². The quantitative estimate of drug-likeness (QED) is 0.513. The van der Waals surface area contributed by atoms with E-state index in [2.05, 4.69) is 19.9 Å². The Kier molecular flexibility index (Phi) is 3.62.